The molecule has 0 saturated carbocycles. The predicted octanol–water partition coefficient (Wildman–Crippen LogP) is 4.66. The molecule has 0 saturated heterocycles. The maximum Gasteiger partial charge on any atom is 0.165 e. The highest BCUT2D eigenvalue weighted by Crippen LogP contribution is 2.43. The normalized spacial score (nSPS) is 18.8. The van der Waals surface area contributed by atoms with Crippen LogP contribution in [0.1, 0.15) is 29.9 Å². The Labute approximate surface area is 155 Å². The minimum Gasteiger partial charge on any atom is -0.488 e. The highest BCUT2D eigenvalue weighted by atomic mass is 79.9. The number of rotatable bonds is 4. The molecule has 0 atom stereocenters. The first kappa shape index (κ1) is 16.4. The molecule has 0 fully saturated rings. The summed E-state index contributed by atoms with van der Waals surface area (Å²) in [5, 5.41) is 2.20. The monoisotopic (exact) mass is 407 g/mol. The molecule has 2 aliphatic heterocycles. The second kappa shape index (κ2) is 6.36. The van der Waals surface area contributed by atoms with Gasteiger partial charge in [-0.3, -0.25) is 4.90 Å². The van der Waals surface area contributed by atoms with E-state index in [0.29, 0.717) is 6.61 Å². The zero-order chi connectivity index (χ0) is 16.7. The standard InChI is InChI=1S/C19H22BrNO2S/c1-19(2)11-14-9-15(20)10-16(18(14)23-19)22-7-6-21-5-3-17-13(12-21)4-8-24-17/h4,8-10H,3,5-7,11-12H2,1-2H3. The van der Waals surface area contributed by atoms with Gasteiger partial charge in [0.05, 0.1) is 0 Å². The van der Waals surface area contributed by atoms with E-state index in [1.807, 2.05) is 17.4 Å². The fourth-order valence-corrected chi connectivity index (χ4v) is 4.90. The lowest BCUT2D eigenvalue weighted by atomic mass is 10.0. The highest BCUT2D eigenvalue weighted by Gasteiger charge is 2.33. The van der Waals surface area contributed by atoms with Crippen molar-refractivity contribution < 1.29 is 9.47 Å². The van der Waals surface area contributed by atoms with E-state index in [2.05, 4.69) is 52.2 Å². The van der Waals surface area contributed by atoms with E-state index in [0.717, 1.165) is 48.4 Å². The number of ether oxygens (including phenoxy) is 2. The number of nitrogens with zero attached hydrogens (tertiary/aromatic N) is 1. The Bertz CT molecular complexity index is 756. The summed E-state index contributed by atoms with van der Waals surface area (Å²) in [5.74, 6) is 1.78. The average Bonchev–Trinajstić information content (AvgIpc) is 3.09. The van der Waals surface area contributed by atoms with Crippen molar-refractivity contribution in [3.63, 3.8) is 0 Å². The van der Waals surface area contributed by atoms with Crippen molar-refractivity contribution >= 4 is 27.3 Å². The Hall–Kier alpha value is -1.04. The van der Waals surface area contributed by atoms with Crippen LogP contribution in [0.15, 0.2) is 28.1 Å². The van der Waals surface area contributed by atoms with Crippen LogP contribution >= 0.6 is 27.3 Å². The zero-order valence-corrected chi connectivity index (χ0v) is 16.5. The molecule has 2 aliphatic rings. The summed E-state index contributed by atoms with van der Waals surface area (Å²) >= 11 is 5.47. The summed E-state index contributed by atoms with van der Waals surface area (Å²) < 4.78 is 13.3. The van der Waals surface area contributed by atoms with E-state index in [1.165, 1.54) is 11.1 Å². The topological polar surface area (TPSA) is 21.7 Å². The van der Waals surface area contributed by atoms with Gasteiger partial charge in [0.2, 0.25) is 0 Å². The van der Waals surface area contributed by atoms with Gasteiger partial charge in [-0.1, -0.05) is 15.9 Å². The van der Waals surface area contributed by atoms with Crippen LogP contribution in [-0.4, -0.2) is 30.2 Å². The first-order valence-electron chi connectivity index (χ1n) is 8.42. The number of halogens is 1. The average molecular weight is 408 g/mol. The molecule has 0 unspecified atom stereocenters. The van der Waals surface area contributed by atoms with Crippen LogP contribution in [0.25, 0.3) is 0 Å². The summed E-state index contributed by atoms with van der Waals surface area (Å²) in [6, 6.07) is 6.41. The molecule has 0 spiro atoms. The van der Waals surface area contributed by atoms with Crippen molar-refractivity contribution in [1.82, 2.24) is 4.90 Å². The fraction of sp³-hybridized carbons (Fsp3) is 0.474. The highest BCUT2D eigenvalue weighted by molar-refractivity contribution is 9.10. The van der Waals surface area contributed by atoms with Crippen LogP contribution in [0.3, 0.4) is 0 Å². The van der Waals surface area contributed by atoms with Gasteiger partial charge >= 0.3 is 0 Å². The predicted molar refractivity (Wildman–Crippen MR) is 101 cm³/mol. The van der Waals surface area contributed by atoms with Crippen molar-refractivity contribution in [2.75, 3.05) is 19.7 Å². The van der Waals surface area contributed by atoms with Gasteiger partial charge < -0.3 is 9.47 Å². The van der Waals surface area contributed by atoms with Gasteiger partial charge in [-0.25, -0.2) is 0 Å². The quantitative estimate of drug-likeness (QED) is 0.735. The molecule has 24 heavy (non-hydrogen) atoms. The SMILES string of the molecule is CC1(C)Cc2cc(Br)cc(OCCN3CCc4sccc4C3)c2O1. The molecule has 3 heterocycles. The molecule has 5 heteroatoms. The fourth-order valence-electron chi connectivity index (χ4n) is 3.53. The van der Waals surface area contributed by atoms with E-state index in [-0.39, 0.29) is 5.60 Å². The summed E-state index contributed by atoms with van der Waals surface area (Å²) in [6.45, 7) is 8.04. The molecular weight excluding hydrogens is 386 g/mol. The van der Waals surface area contributed by atoms with Crippen molar-refractivity contribution in [1.29, 1.82) is 0 Å². The number of thiophene rings is 1. The number of hydrogen-bond donors (Lipinski definition) is 0. The Kier molecular flexibility index (Phi) is 4.35. The molecule has 1 aromatic heterocycles. The van der Waals surface area contributed by atoms with Gasteiger partial charge in [0.15, 0.2) is 11.5 Å². The van der Waals surface area contributed by atoms with Crippen LogP contribution in [0.5, 0.6) is 11.5 Å². The van der Waals surface area contributed by atoms with Gasteiger partial charge in [0, 0.05) is 41.0 Å². The molecule has 0 N–H and O–H groups in total. The van der Waals surface area contributed by atoms with Gasteiger partial charge in [-0.15, -0.1) is 11.3 Å². The molecule has 3 nitrogen and oxygen atoms in total. The molecular formula is C19H22BrNO2S. The lowest BCUT2D eigenvalue weighted by molar-refractivity contribution is 0.129. The molecule has 4 rings (SSSR count). The lowest BCUT2D eigenvalue weighted by Crippen LogP contribution is -2.33. The lowest BCUT2D eigenvalue weighted by Gasteiger charge is -2.26. The number of hydrogen-bond acceptors (Lipinski definition) is 4. The van der Waals surface area contributed by atoms with Crippen LogP contribution in [0, 0.1) is 0 Å². The Morgan fingerprint density at radius 2 is 2.21 bits per heavy atom. The van der Waals surface area contributed by atoms with Gasteiger partial charge in [-0.2, -0.15) is 0 Å². The largest absolute Gasteiger partial charge is 0.488 e. The van der Waals surface area contributed by atoms with Crippen LogP contribution in [0.4, 0.5) is 0 Å². The van der Waals surface area contributed by atoms with Crippen molar-refractivity contribution in [3.8, 4) is 11.5 Å². The van der Waals surface area contributed by atoms with Crippen LogP contribution in [-0.2, 0) is 19.4 Å². The van der Waals surface area contributed by atoms with Crippen LogP contribution in [0.2, 0.25) is 0 Å². The van der Waals surface area contributed by atoms with Gasteiger partial charge in [0.1, 0.15) is 12.2 Å². The van der Waals surface area contributed by atoms with Crippen molar-refractivity contribution in [2.24, 2.45) is 0 Å². The Balaban J connectivity index is 1.39. The molecule has 0 bridgehead atoms. The van der Waals surface area contributed by atoms with Crippen LogP contribution < -0.4 is 9.47 Å². The third-order valence-corrected chi connectivity index (χ3v) is 6.12. The Morgan fingerprint density at radius 3 is 3.08 bits per heavy atom. The Morgan fingerprint density at radius 1 is 1.33 bits per heavy atom. The minimum atomic E-state index is -0.149. The minimum absolute atomic E-state index is 0.149. The summed E-state index contributed by atoms with van der Waals surface area (Å²) in [5.41, 5.74) is 2.56. The van der Waals surface area contributed by atoms with Gasteiger partial charge in [0.25, 0.3) is 0 Å². The maximum atomic E-state index is 6.10. The van der Waals surface area contributed by atoms with E-state index in [9.17, 15) is 0 Å². The molecule has 128 valence electrons. The molecule has 0 radical (unpaired) electrons. The molecule has 0 amide bonds. The van der Waals surface area contributed by atoms with Crippen molar-refractivity contribution in [2.45, 2.75) is 38.8 Å². The third kappa shape index (κ3) is 3.35. The second-order valence-electron chi connectivity index (χ2n) is 7.17. The van der Waals surface area contributed by atoms with E-state index in [4.69, 9.17) is 9.47 Å². The second-order valence-corrected chi connectivity index (χ2v) is 9.09. The smallest absolute Gasteiger partial charge is 0.165 e. The van der Waals surface area contributed by atoms with E-state index >= 15 is 0 Å². The van der Waals surface area contributed by atoms with Crippen molar-refractivity contribution in [3.05, 3.63) is 44.1 Å². The first-order valence-corrected chi connectivity index (χ1v) is 10.1. The maximum absolute atomic E-state index is 6.10. The number of fused-ring (bicyclic) bond motifs is 2. The summed E-state index contributed by atoms with van der Waals surface area (Å²) in [7, 11) is 0. The molecule has 0 aliphatic carbocycles. The summed E-state index contributed by atoms with van der Waals surface area (Å²) in [4.78, 5) is 4.02. The third-order valence-electron chi connectivity index (χ3n) is 4.64. The van der Waals surface area contributed by atoms with E-state index in [1.54, 1.807) is 4.88 Å². The molecule has 1 aromatic carbocycles. The first-order chi connectivity index (χ1) is 11.5. The van der Waals surface area contributed by atoms with E-state index < -0.39 is 0 Å². The number of benzene rings is 1. The summed E-state index contributed by atoms with van der Waals surface area (Å²) in [6.07, 6.45) is 2.09. The van der Waals surface area contributed by atoms with Gasteiger partial charge in [-0.05, 0) is 49.4 Å². The molecule has 2 aromatic rings. The zero-order valence-electron chi connectivity index (χ0n) is 14.1.